The smallest absolute Gasteiger partial charge is 0.193 e. The number of nitrogens with one attached hydrogen (secondary N) is 1. The van der Waals surface area contributed by atoms with Crippen molar-refractivity contribution in [2.24, 2.45) is 10.9 Å². The van der Waals surface area contributed by atoms with Crippen molar-refractivity contribution in [3.63, 3.8) is 0 Å². The maximum absolute atomic E-state index is 5.70. The maximum Gasteiger partial charge on any atom is 0.193 e. The van der Waals surface area contributed by atoms with Gasteiger partial charge in [0.1, 0.15) is 12.4 Å². The van der Waals surface area contributed by atoms with Gasteiger partial charge in [-0.2, -0.15) is 0 Å². The molecule has 1 fully saturated rings. The Morgan fingerprint density at radius 3 is 2.96 bits per heavy atom. The predicted molar refractivity (Wildman–Crippen MR) is 109 cm³/mol. The average molecular weight is 445 g/mol. The lowest BCUT2D eigenvalue weighted by Crippen LogP contribution is -2.39. The number of aliphatic imine (C=N–C) groups is 1. The summed E-state index contributed by atoms with van der Waals surface area (Å²) in [5.74, 6) is 2.40. The molecule has 6 heteroatoms. The highest BCUT2D eigenvalue weighted by atomic mass is 127. The fraction of sp³-hybridized carbons (Fsp3) is 0.500. The first kappa shape index (κ1) is 20.8. The molecule has 0 saturated carbocycles. The molecule has 24 heavy (non-hydrogen) atoms. The van der Waals surface area contributed by atoms with Crippen LogP contribution in [0.1, 0.15) is 12.0 Å². The Hall–Kier alpha value is -1.28. The summed E-state index contributed by atoms with van der Waals surface area (Å²) in [7, 11) is 3.59. The summed E-state index contributed by atoms with van der Waals surface area (Å²) < 4.78 is 11.0. The van der Waals surface area contributed by atoms with Gasteiger partial charge in [-0.25, -0.2) is 0 Å². The first-order chi connectivity index (χ1) is 11.3. The number of para-hydroxylation sites is 1. The Morgan fingerprint density at radius 2 is 2.25 bits per heavy atom. The topological polar surface area (TPSA) is 46.1 Å². The minimum Gasteiger partial charge on any atom is -0.489 e. The van der Waals surface area contributed by atoms with Crippen molar-refractivity contribution in [2.75, 3.05) is 40.5 Å². The van der Waals surface area contributed by atoms with Gasteiger partial charge in [-0.1, -0.05) is 30.9 Å². The van der Waals surface area contributed by atoms with Gasteiger partial charge in [-0.15, -0.1) is 24.0 Å². The summed E-state index contributed by atoms with van der Waals surface area (Å²) in [6, 6.07) is 8.04. The van der Waals surface area contributed by atoms with E-state index in [0.717, 1.165) is 43.4 Å². The van der Waals surface area contributed by atoms with E-state index in [4.69, 9.17) is 9.47 Å². The van der Waals surface area contributed by atoms with E-state index in [0.29, 0.717) is 19.1 Å². The highest BCUT2D eigenvalue weighted by Gasteiger charge is 2.24. The van der Waals surface area contributed by atoms with Gasteiger partial charge in [0.15, 0.2) is 5.96 Å². The van der Waals surface area contributed by atoms with Gasteiger partial charge in [0.2, 0.25) is 0 Å². The zero-order valence-electron chi connectivity index (χ0n) is 14.5. The molecular weight excluding hydrogens is 417 g/mol. The number of likely N-dealkylation sites (tertiary alicyclic amines) is 1. The molecule has 2 rings (SSSR count). The lowest BCUT2D eigenvalue weighted by Gasteiger charge is -2.22. The fourth-order valence-corrected chi connectivity index (χ4v) is 2.84. The second-order valence-electron chi connectivity index (χ2n) is 5.66. The first-order valence-electron chi connectivity index (χ1n) is 8.04. The largest absolute Gasteiger partial charge is 0.489 e. The van der Waals surface area contributed by atoms with Crippen LogP contribution in [-0.4, -0.2) is 51.3 Å². The summed E-state index contributed by atoms with van der Waals surface area (Å²) in [5.41, 5.74) is 1.11. The van der Waals surface area contributed by atoms with Gasteiger partial charge in [0, 0.05) is 45.3 Å². The second kappa shape index (κ2) is 11.3. The zero-order chi connectivity index (χ0) is 16.5. The average Bonchev–Trinajstić information content (AvgIpc) is 3.03. The number of halogens is 1. The number of guanidine groups is 1. The normalized spacial score (nSPS) is 17.3. The van der Waals surface area contributed by atoms with Gasteiger partial charge < -0.3 is 19.7 Å². The third kappa shape index (κ3) is 5.98. The quantitative estimate of drug-likeness (QED) is 0.304. The molecule has 0 radical (unpaired) electrons. The third-order valence-electron chi connectivity index (χ3n) is 3.97. The van der Waals surface area contributed by atoms with Crippen LogP contribution in [0.5, 0.6) is 5.75 Å². The second-order valence-corrected chi connectivity index (χ2v) is 5.66. The van der Waals surface area contributed by atoms with E-state index < -0.39 is 0 Å². The van der Waals surface area contributed by atoms with Crippen molar-refractivity contribution < 1.29 is 9.47 Å². The van der Waals surface area contributed by atoms with E-state index in [1.165, 1.54) is 0 Å². The van der Waals surface area contributed by atoms with Gasteiger partial charge in [-0.3, -0.25) is 4.99 Å². The van der Waals surface area contributed by atoms with Crippen LogP contribution in [0.3, 0.4) is 0 Å². The van der Waals surface area contributed by atoms with Gasteiger partial charge in [0.25, 0.3) is 0 Å². The lowest BCUT2D eigenvalue weighted by atomic mass is 10.1. The van der Waals surface area contributed by atoms with E-state index in [-0.39, 0.29) is 24.0 Å². The summed E-state index contributed by atoms with van der Waals surface area (Å²) in [5, 5.41) is 3.44. The Bertz CT molecular complexity index is 537. The van der Waals surface area contributed by atoms with E-state index >= 15 is 0 Å². The van der Waals surface area contributed by atoms with Crippen LogP contribution >= 0.6 is 24.0 Å². The molecule has 0 aliphatic carbocycles. The molecule has 1 saturated heterocycles. The number of hydrogen-bond donors (Lipinski definition) is 1. The molecular formula is C18H28IN3O2. The van der Waals surface area contributed by atoms with Crippen LogP contribution < -0.4 is 10.1 Å². The van der Waals surface area contributed by atoms with E-state index in [1.54, 1.807) is 13.2 Å². The monoisotopic (exact) mass is 445 g/mol. The molecule has 0 amide bonds. The fourth-order valence-electron chi connectivity index (χ4n) is 2.84. The van der Waals surface area contributed by atoms with E-state index in [1.807, 2.05) is 25.2 Å². The minimum atomic E-state index is 0. The molecule has 0 aromatic heterocycles. The van der Waals surface area contributed by atoms with Crippen LogP contribution in [0.2, 0.25) is 0 Å². The number of benzene rings is 1. The molecule has 0 bridgehead atoms. The van der Waals surface area contributed by atoms with Crippen molar-refractivity contribution in [1.82, 2.24) is 10.2 Å². The highest BCUT2D eigenvalue weighted by molar-refractivity contribution is 14.0. The molecule has 5 nitrogen and oxygen atoms in total. The predicted octanol–water partition coefficient (Wildman–Crippen LogP) is 2.91. The van der Waals surface area contributed by atoms with Crippen molar-refractivity contribution in [1.29, 1.82) is 0 Å². The van der Waals surface area contributed by atoms with Crippen molar-refractivity contribution in [2.45, 2.75) is 13.0 Å². The maximum atomic E-state index is 5.70. The van der Waals surface area contributed by atoms with Gasteiger partial charge >= 0.3 is 0 Å². The molecule has 1 aliphatic heterocycles. The lowest BCUT2D eigenvalue weighted by molar-refractivity contribution is 0.157. The summed E-state index contributed by atoms with van der Waals surface area (Å²) in [6.07, 6.45) is 2.90. The molecule has 0 spiro atoms. The first-order valence-corrected chi connectivity index (χ1v) is 8.04. The summed E-state index contributed by atoms with van der Waals surface area (Å²) in [6.45, 7) is 7.70. The Balaban J connectivity index is 0.00000288. The van der Waals surface area contributed by atoms with E-state index in [2.05, 4.69) is 27.9 Å². The number of nitrogens with zero attached hydrogens (tertiary/aromatic N) is 2. The number of rotatable bonds is 7. The summed E-state index contributed by atoms with van der Waals surface area (Å²) >= 11 is 0. The molecule has 1 N–H and O–H groups in total. The SMILES string of the molecule is C=CCOc1ccccc1CNC(=NC)N1CCC(COC)C1.I. The number of hydrogen-bond acceptors (Lipinski definition) is 3. The highest BCUT2D eigenvalue weighted by Crippen LogP contribution is 2.19. The number of methoxy groups -OCH3 is 1. The minimum absolute atomic E-state index is 0. The Labute approximate surface area is 162 Å². The van der Waals surface area contributed by atoms with Crippen molar-refractivity contribution in [3.05, 3.63) is 42.5 Å². The molecule has 1 atom stereocenters. The summed E-state index contributed by atoms with van der Waals surface area (Å²) in [4.78, 5) is 6.69. The van der Waals surface area contributed by atoms with Crippen molar-refractivity contribution in [3.8, 4) is 5.75 Å². The molecule has 1 aliphatic rings. The third-order valence-corrected chi connectivity index (χ3v) is 3.97. The molecule has 1 aromatic rings. The molecule has 1 aromatic carbocycles. The van der Waals surface area contributed by atoms with Crippen LogP contribution in [-0.2, 0) is 11.3 Å². The molecule has 1 unspecified atom stereocenters. The van der Waals surface area contributed by atoms with Crippen LogP contribution in [0.15, 0.2) is 41.9 Å². The van der Waals surface area contributed by atoms with Gasteiger partial charge in [-0.05, 0) is 12.5 Å². The Morgan fingerprint density at radius 1 is 1.46 bits per heavy atom. The van der Waals surface area contributed by atoms with E-state index in [9.17, 15) is 0 Å². The Kier molecular flexibility index (Phi) is 9.78. The molecule has 1 heterocycles. The van der Waals surface area contributed by atoms with Crippen molar-refractivity contribution >= 4 is 29.9 Å². The van der Waals surface area contributed by atoms with Crippen LogP contribution in [0, 0.1) is 5.92 Å². The van der Waals surface area contributed by atoms with Crippen LogP contribution in [0.25, 0.3) is 0 Å². The zero-order valence-corrected chi connectivity index (χ0v) is 16.9. The standard InChI is InChI=1S/C18H27N3O2.HI/c1-4-11-23-17-8-6-5-7-16(17)12-20-18(19-2)21-10-9-15(13-21)14-22-3;/h4-8,15H,1,9-14H2,2-3H3,(H,19,20);1H. The van der Waals surface area contributed by atoms with Crippen LogP contribution in [0.4, 0.5) is 0 Å². The van der Waals surface area contributed by atoms with Gasteiger partial charge in [0.05, 0.1) is 6.61 Å². The molecule has 134 valence electrons. The number of ether oxygens (including phenoxy) is 2.